The molecular weight excluding hydrogens is 516 g/mol. The molecule has 0 fully saturated rings. The fraction of sp³-hybridized carbons (Fsp3) is 0.600. The molecule has 40 heavy (non-hydrogen) atoms. The third-order valence-corrected chi connectivity index (χ3v) is 7.56. The largest absolute Gasteiger partial charge is 0.441 e. The van der Waals surface area contributed by atoms with E-state index in [9.17, 15) is 19.8 Å². The number of carbonyl (C=O) groups is 2. The Hall–Kier alpha value is -2.76. The minimum Gasteiger partial charge on any atom is -0.441 e. The lowest BCUT2D eigenvalue weighted by Gasteiger charge is -2.36. The first-order chi connectivity index (χ1) is 18.8. The van der Waals surface area contributed by atoms with Gasteiger partial charge in [-0.15, -0.1) is 0 Å². The van der Waals surface area contributed by atoms with Gasteiger partial charge >= 0.3 is 6.09 Å². The Bertz CT molecular complexity index is 1050. The summed E-state index contributed by atoms with van der Waals surface area (Å²) in [6.07, 6.45) is 5.55. The number of methoxy groups -OCH3 is 3. The van der Waals surface area contributed by atoms with Gasteiger partial charge in [0.15, 0.2) is 0 Å². The zero-order valence-corrected chi connectivity index (χ0v) is 24.8. The first-order valence-corrected chi connectivity index (χ1v) is 13.5. The van der Waals surface area contributed by atoms with Crippen molar-refractivity contribution >= 4 is 12.0 Å². The Labute approximate surface area is 237 Å². The normalized spacial score (nSPS) is 34.6. The fourth-order valence-corrected chi connectivity index (χ4v) is 5.53. The zero-order valence-electron chi connectivity index (χ0n) is 24.8. The first kappa shape index (κ1) is 33.4. The SMILES string of the molecule is CO[C@H]1[C@@H](OC)C[C@H](C)[C@@H](OC)C2=CC(O)C=C(NC(=O)C(C)=CC=CC(C)[C@@H](OC(N)=O)C(C)=C[C@@H]1C)C2O. The minimum absolute atomic E-state index is 0.139. The molecule has 0 saturated heterocycles. The van der Waals surface area contributed by atoms with Crippen LogP contribution in [0.25, 0.3) is 0 Å². The highest BCUT2D eigenvalue weighted by Gasteiger charge is 2.36. The molecule has 1 heterocycles. The first-order valence-electron chi connectivity index (χ1n) is 13.5. The average molecular weight is 563 g/mol. The van der Waals surface area contributed by atoms with Crippen LogP contribution in [0.15, 0.2) is 58.9 Å². The highest BCUT2D eigenvalue weighted by molar-refractivity contribution is 5.94. The topological polar surface area (TPSA) is 150 Å². The van der Waals surface area contributed by atoms with E-state index in [1.165, 1.54) is 13.2 Å². The van der Waals surface area contributed by atoms with Crippen LogP contribution in [0.4, 0.5) is 4.79 Å². The molecule has 9 atom stereocenters. The van der Waals surface area contributed by atoms with Crippen LogP contribution in [0.2, 0.25) is 0 Å². The average Bonchev–Trinajstić information content (AvgIpc) is 2.88. The van der Waals surface area contributed by atoms with E-state index in [2.05, 4.69) is 5.32 Å². The number of hydrogen-bond acceptors (Lipinski definition) is 8. The monoisotopic (exact) mass is 562 g/mol. The molecule has 0 saturated carbocycles. The molecule has 0 aromatic carbocycles. The van der Waals surface area contributed by atoms with Gasteiger partial charge in [-0.3, -0.25) is 4.79 Å². The number of fused-ring (bicyclic) bond motifs is 2. The molecule has 0 aromatic heterocycles. The summed E-state index contributed by atoms with van der Waals surface area (Å²) in [6, 6.07) is 0. The smallest absolute Gasteiger partial charge is 0.405 e. The molecule has 2 aliphatic rings. The summed E-state index contributed by atoms with van der Waals surface area (Å²) in [7, 11) is 4.77. The number of aliphatic hydroxyl groups excluding tert-OH is 2. The second kappa shape index (κ2) is 15.3. The van der Waals surface area contributed by atoms with E-state index in [0.29, 0.717) is 17.6 Å². The number of nitrogens with two attached hydrogens (primary N) is 1. The summed E-state index contributed by atoms with van der Waals surface area (Å²) in [5.74, 6) is -1.02. The summed E-state index contributed by atoms with van der Waals surface area (Å²) >= 11 is 0. The van der Waals surface area contributed by atoms with Crippen molar-refractivity contribution in [1.82, 2.24) is 5.32 Å². The third kappa shape index (κ3) is 8.62. The van der Waals surface area contributed by atoms with Crippen LogP contribution < -0.4 is 11.1 Å². The number of ether oxygens (including phenoxy) is 4. The van der Waals surface area contributed by atoms with Crippen molar-refractivity contribution in [3.63, 3.8) is 0 Å². The number of amides is 2. The minimum atomic E-state index is -1.18. The van der Waals surface area contributed by atoms with Crippen molar-refractivity contribution in [2.75, 3.05) is 21.3 Å². The number of rotatable bonds is 4. The van der Waals surface area contributed by atoms with Crippen LogP contribution in [0.5, 0.6) is 0 Å². The zero-order chi connectivity index (χ0) is 30.1. The molecule has 10 heteroatoms. The van der Waals surface area contributed by atoms with Crippen LogP contribution in [0, 0.1) is 17.8 Å². The molecule has 2 rings (SSSR count). The number of hydrogen-bond donors (Lipinski definition) is 4. The fourth-order valence-electron chi connectivity index (χ4n) is 5.53. The summed E-state index contributed by atoms with van der Waals surface area (Å²) in [6.45, 7) is 9.35. The van der Waals surface area contributed by atoms with E-state index in [4.69, 9.17) is 24.7 Å². The third-order valence-electron chi connectivity index (χ3n) is 7.56. The lowest BCUT2D eigenvalue weighted by molar-refractivity contribution is -0.117. The quantitative estimate of drug-likeness (QED) is 0.382. The molecule has 10 nitrogen and oxygen atoms in total. The molecule has 1 aliphatic carbocycles. The standard InChI is InChI=1S/C30H46N2O8/c1-16-10-9-11-17(2)29(35)32-23-15-21(33)14-22(25(23)34)27(38-7)20(5)13-24(37-6)28(39-8)19(4)12-18(3)26(16)40-30(31)36/h9-12,14-16,19-21,24-28,33-34H,13H2,1-8H3,(H2,31,36)(H,32,35)/t16?,19-,20-,21?,24-,25?,26+,27+,28+/m0/s1. The van der Waals surface area contributed by atoms with Crippen LogP contribution >= 0.6 is 0 Å². The number of carbonyl (C=O) groups excluding carboxylic acids is 2. The second-order valence-corrected chi connectivity index (χ2v) is 10.7. The summed E-state index contributed by atoms with van der Waals surface area (Å²) in [5.41, 5.74) is 7.18. The Morgan fingerprint density at radius 3 is 2.23 bits per heavy atom. The van der Waals surface area contributed by atoms with Gasteiger partial charge in [0.25, 0.3) is 5.91 Å². The van der Waals surface area contributed by atoms with Crippen molar-refractivity contribution in [3.05, 3.63) is 58.9 Å². The van der Waals surface area contributed by atoms with Gasteiger partial charge in [-0.05, 0) is 49.5 Å². The van der Waals surface area contributed by atoms with Gasteiger partial charge in [0.2, 0.25) is 0 Å². The Balaban J connectivity index is 2.60. The summed E-state index contributed by atoms with van der Waals surface area (Å²) in [5, 5.41) is 24.5. The van der Waals surface area contributed by atoms with E-state index in [-0.39, 0.29) is 35.7 Å². The van der Waals surface area contributed by atoms with Gasteiger partial charge in [0.1, 0.15) is 12.2 Å². The predicted molar refractivity (Wildman–Crippen MR) is 152 cm³/mol. The highest BCUT2D eigenvalue weighted by Crippen LogP contribution is 2.32. The van der Waals surface area contributed by atoms with Gasteiger partial charge in [0.05, 0.1) is 24.4 Å². The van der Waals surface area contributed by atoms with Crippen molar-refractivity contribution in [2.45, 2.75) is 77.7 Å². The van der Waals surface area contributed by atoms with Gasteiger partial charge in [-0.2, -0.15) is 0 Å². The maximum atomic E-state index is 12.9. The predicted octanol–water partition coefficient (Wildman–Crippen LogP) is 2.92. The highest BCUT2D eigenvalue weighted by atomic mass is 16.6. The maximum absolute atomic E-state index is 12.9. The molecule has 2 bridgehead atoms. The van der Waals surface area contributed by atoms with Gasteiger partial charge in [-0.25, -0.2) is 4.79 Å². The number of primary amides is 1. The van der Waals surface area contributed by atoms with E-state index in [1.54, 1.807) is 39.4 Å². The molecule has 0 radical (unpaired) electrons. The van der Waals surface area contributed by atoms with E-state index in [0.717, 1.165) is 5.57 Å². The van der Waals surface area contributed by atoms with Crippen molar-refractivity contribution < 1.29 is 38.7 Å². The lowest BCUT2D eigenvalue weighted by atomic mass is 9.83. The van der Waals surface area contributed by atoms with E-state index >= 15 is 0 Å². The van der Waals surface area contributed by atoms with Crippen molar-refractivity contribution in [2.24, 2.45) is 23.5 Å². The molecule has 0 aromatic rings. The molecule has 2 amide bonds. The summed E-state index contributed by atoms with van der Waals surface area (Å²) < 4.78 is 23.1. The van der Waals surface area contributed by atoms with Crippen LogP contribution in [0.1, 0.15) is 41.0 Å². The van der Waals surface area contributed by atoms with E-state index in [1.807, 2.05) is 39.8 Å². The van der Waals surface area contributed by atoms with Gasteiger partial charge in [0, 0.05) is 44.4 Å². The number of nitrogens with one attached hydrogen (secondary N) is 1. The maximum Gasteiger partial charge on any atom is 0.405 e. The van der Waals surface area contributed by atoms with Crippen molar-refractivity contribution in [1.29, 1.82) is 0 Å². The van der Waals surface area contributed by atoms with Gasteiger partial charge in [-0.1, -0.05) is 45.1 Å². The Morgan fingerprint density at radius 1 is 0.975 bits per heavy atom. The second-order valence-electron chi connectivity index (χ2n) is 10.7. The van der Waals surface area contributed by atoms with E-state index < -0.39 is 36.4 Å². The van der Waals surface area contributed by atoms with Crippen LogP contribution in [-0.4, -0.2) is 80.2 Å². The summed E-state index contributed by atoms with van der Waals surface area (Å²) in [4.78, 5) is 24.7. The van der Waals surface area contributed by atoms with Gasteiger partial charge < -0.3 is 40.2 Å². The number of aliphatic hydroxyl groups is 2. The molecule has 1 aliphatic heterocycles. The van der Waals surface area contributed by atoms with Crippen LogP contribution in [-0.2, 0) is 23.7 Å². The Kier molecular flexibility index (Phi) is 12.8. The molecule has 5 N–H and O–H groups in total. The molecule has 224 valence electrons. The molecular formula is C30H46N2O8. The number of allylic oxidation sites excluding steroid dienone is 2. The molecule has 3 unspecified atom stereocenters. The van der Waals surface area contributed by atoms with Crippen molar-refractivity contribution in [3.8, 4) is 0 Å². The lowest BCUT2D eigenvalue weighted by Crippen LogP contribution is -2.42. The van der Waals surface area contributed by atoms with Crippen LogP contribution in [0.3, 0.4) is 0 Å². The molecule has 0 spiro atoms. The Morgan fingerprint density at radius 2 is 1.65 bits per heavy atom.